The molecule has 5 rings (SSSR count). The number of hydrogen-bond acceptors (Lipinski definition) is 7. The predicted octanol–water partition coefficient (Wildman–Crippen LogP) is 4.40. The molecule has 4 heterocycles. The number of methoxy groups -OCH3 is 2. The molecule has 0 aliphatic carbocycles. The van der Waals surface area contributed by atoms with Gasteiger partial charge in [0.1, 0.15) is 11.5 Å². The molecule has 3 aliphatic rings. The van der Waals surface area contributed by atoms with Gasteiger partial charge >= 0.3 is 0 Å². The molecule has 0 saturated carbocycles. The third-order valence-electron chi connectivity index (χ3n) is 7.43. The monoisotopic (exact) mass is 487 g/mol. The summed E-state index contributed by atoms with van der Waals surface area (Å²) in [6.45, 7) is 5.43. The number of ether oxygens (including phenoxy) is 3. The molecular weight excluding hydrogens is 450 g/mol. The van der Waals surface area contributed by atoms with Crippen LogP contribution in [0.25, 0.3) is 0 Å². The molecule has 186 valence electrons. The number of anilines is 1. The van der Waals surface area contributed by atoms with Gasteiger partial charge in [0.15, 0.2) is 0 Å². The molecule has 8 nitrogen and oxygen atoms in total. The molecule has 0 N–H and O–H groups in total. The summed E-state index contributed by atoms with van der Waals surface area (Å²) >= 11 is 6.00. The van der Waals surface area contributed by atoms with Crippen molar-refractivity contribution in [2.45, 2.75) is 70.3 Å². The lowest BCUT2D eigenvalue weighted by Gasteiger charge is -2.28. The van der Waals surface area contributed by atoms with Gasteiger partial charge in [0.2, 0.25) is 10.7 Å². The lowest BCUT2D eigenvalue weighted by atomic mass is 10.0. The summed E-state index contributed by atoms with van der Waals surface area (Å²) in [5, 5.41) is 5.09. The Morgan fingerprint density at radius 3 is 2.62 bits per heavy atom. The summed E-state index contributed by atoms with van der Waals surface area (Å²) in [5.74, 6) is 2.70. The van der Waals surface area contributed by atoms with Crippen LogP contribution in [0, 0.1) is 4.77 Å². The number of benzene rings is 1. The summed E-state index contributed by atoms with van der Waals surface area (Å²) in [7, 11) is 3.41. The van der Waals surface area contributed by atoms with Gasteiger partial charge in [0, 0.05) is 43.9 Å². The molecule has 9 heteroatoms. The minimum atomic E-state index is 0.232. The van der Waals surface area contributed by atoms with E-state index < -0.39 is 0 Å². The summed E-state index contributed by atoms with van der Waals surface area (Å²) in [6, 6.07) is 6.40. The third kappa shape index (κ3) is 4.83. The summed E-state index contributed by atoms with van der Waals surface area (Å²) in [5.41, 5.74) is 1.20. The average molecular weight is 488 g/mol. The van der Waals surface area contributed by atoms with Crippen molar-refractivity contribution in [3.8, 4) is 11.5 Å². The van der Waals surface area contributed by atoms with E-state index in [1.165, 1.54) is 24.8 Å². The topological polar surface area (TPSA) is 56.9 Å². The van der Waals surface area contributed by atoms with Gasteiger partial charge in [-0.3, -0.25) is 9.47 Å². The Labute approximate surface area is 207 Å². The van der Waals surface area contributed by atoms with E-state index in [1.807, 2.05) is 16.8 Å². The zero-order chi connectivity index (χ0) is 23.5. The molecule has 1 aromatic carbocycles. The van der Waals surface area contributed by atoms with Gasteiger partial charge < -0.3 is 19.1 Å². The van der Waals surface area contributed by atoms with Crippen LogP contribution < -0.4 is 14.4 Å². The van der Waals surface area contributed by atoms with E-state index in [-0.39, 0.29) is 12.1 Å². The molecule has 3 saturated heterocycles. The van der Waals surface area contributed by atoms with E-state index in [9.17, 15) is 0 Å². The minimum Gasteiger partial charge on any atom is -0.497 e. The van der Waals surface area contributed by atoms with E-state index in [2.05, 4.69) is 20.4 Å². The fourth-order valence-electron chi connectivity index (χ4n) is 5.61. The van der Waals surface area contributed by atoms with Crippen molar-refractivity contribution >= 4 is 18.2 Å². The molecule has 2 atom stereocenters. The average Bonchev–Trinajstić information content (AvgIpc) is 3.62. The van der Waals surface area contributed by atoms with Crippen LogP contribution in [0.15, 0.2) is 18.2 Å². The first-order valence-electron chi connectivity index (χ1n) is 12.7. The van der Waals surface area contributed by atoms with E-state index in [4.69, 9.17) is 31.5 Å². The fourth-order valence-corrected chi connectivity index (χ4v) is 5.87. The van der Waals surface area contributed by atoms with Gasteiger partial charge in [-0.25, -0.2) is 4.68 Å². The lowest BCUT2D eigenvalue weighted by Crippen LogP contribution is -2.33. The van der Waals surface area contributed by atoms with Crippen molar-refractivity contribution in [1.29, 1.82) is 0 Å². The molecule has 1 aromatic heterocycles. The van der Waals surface area contributed by atoms with Crippen LogP contribution in [-0.2, 0) is 18.0 Å². The number of piperidine rings is 1. The Morgan fingerprint density at radius 1 is 1.03 bits per heavy atom. The van der Waals surface area contributed by atoms with Crippen molar-refractivity contribution in [1.82, 2.24) is 19.2 Å². The Morgan fingerprint density at radius 2 is 1.88 bits per heavy atom. The van der Waals surface area contributed by atoms with Crippen molar-refractivity contribution in [3.05, 3.63) is 28.5 Å². The standard InChI is InChI=1S/C25H37N5O3S/c1-31-19-10-11-21(23(16-19)32-2)22-9-6-14-28(22)18-30-25(34)29(17-20-8-7-15-33-20)24(26-30)27-12-4-3-5-13-27/h10-11,16,20,22H,3-9,12-15,17-18H2,1-2H3/t20-,22+/m0/s1. The van der Waals surface area contributed by atoms with E-state index in [0.717, 1.165) is 80.7 Å². The maximum atomic E-state index is 6.00. The molecule has 3 aliphatic heterocycles. The smallest absolute Gasteiger partial charge is 0.226 e. The highest BCUT2D eigenvalue weighted by molar-refractivity contribution is 7.71. The van der Waals surface area contributed by atoms with Gasteiger partial charge in [-0.1, -0.05) is 6.07 Å². The summed E-state index contributed by atoms with van der Waals surface area (Å²) in [6.07, 6.45) is 8.41. The molecule has 0 spiro atoms. The normalized spacial score (nSPS) is 23.5. The molecule has 0 radical (unpaired) electrons. The van der Waals surface area contributed by atoms with Crippen LogP contribution in [0.3, 0.4) is 0 Å². The van der Waals surface area contributed by atoms with E-state index in [0.29, 0.717) is 6.67 Å². The molecule has 2 aromatic rings. The van der Waals surface area contributed by atoms with Gasteiger partial charge in [-0.15, -0.1) is 5.10 Å². The van der Waals surface area contributed by atoms with Gasteiger partial charge in [-0.2, -0.15) is 0 Å². The van der Waals surface area contributed by atoms with Gasteiger partial charge in [0.05, 0.1) is 33.5 Å². The SMILES string of the molecule is COc1ccc([C@H]2CCCN2Cn2nc(N3CCCCC3)n(C[C@@H]3CCCO3)c2=S)c(OC)c1. The molecule has 0 amide bonds. The number of rotatable bonds is 8. The van der Waals surface area contributed by atoms with Gasteiger partial charge in [0.25, 0.3) is 0 Å². The Balaban J connectivity index is 1.42. The van der Waals surface area contributed by atoms with E-state index >= 15 is 0 Å². The zero-order valence-electron chi connectivity index (χ0n) is 20.4. The minimum absolute atomic E-state index is 0.232. The highest BCUT2D eigenvalue weighted by Gasteiger charge is 2.30. The molecular formula is C25H37N5O3S. The second-order valence-electron chi connectivity index (χ2n) is 9.60. The van der Waals surface area contributed by atoms with Crippen LogP contribution in [-0.4, -0.2) is 65.8 Å². The Bertz CT molecular complexity index is 1030. The van der Waals surface area contributed by atoms with E-state index in [1.54, 1.807) is 14.2 Å². The summed E-state index contributed by atoms with van der Waals surface area (Å²) < 4.78 is 22.1. The number of hydrogen-bond donors (Lipinski definition) is 0. The number of aromatic nitrogens is 3. The van der Waals surface area contributed by atoms with Crippen molar-refractivity contribution in [3.63, 3.8) is 0 Å². The highest BCUT2D eigenvalue weighted by atomic mass is 32.1. The molecule has 0 unspecified atom stereocenters. The second-order valence-corrected chi connectivity index (χ2v) is 9.96. The van der Waals surface area contributed by atoms with Crippen LogP contribution in [0.5, 0.6) is 11.5 Å². The fraction of sp³-hybridized carbons (Fsp3) is 0.680. The largest absolute Gasteiger partial charge is 0.497 e. The maximum absolute atomic E-state index is 6.00. The second kappa shape index (κ2) is 10.7. The first kappa shape index (κ1) is 23.6. The third-order valence-corrected chi connectivity index (χ3v) is 7.86. The van der Waals surface area contributed by atoms with Crippen molar-refractivity contribution in [2.24, 2.45) is 0 Å². The quantitative estimate of drug-likeness (QED) is 0.512. The van der Waals surface area contributed by atoms with Gasteiger partial charge in [-0.05, 0) is 63.2 Å². The maximum Gasteiger partial charge on any atom is 0.226 e. The first-order valence-corrected chi connectivity index (χ1v) is 13.1. The molecule has 3 fully saturated rings. The highest BCUT2D eigenvalue weighted by Crippen LogP contribution is 2.39. The Kier molecular flexibility index (Phi) is 7.41. The summed E-state index contributed by atoms with van der Waals surface area (Å²) in [4.78, 5) is 4.89. The lowest BCUT2D eigenvalue weighted by molar-refractivity contribution is 0.0964. The number of likely N-dealkylation sites (tertiary alicyclic amines) is 1. The number of nitrogens with zero attached hydrogens (tertiary/aromatic N) is 5. The Hall–Kier alpha value is -2.10. The zero-order valence-corrected chi connectivity index (χ0v) is 21.3. The molecule has 0 bridgehead atoms. The predicted molar refractivity (Wildman–Crippen MR) is 134 cm³/mol. The van der Waals surface area contributed by atoms with Crippen LogP contribution in [0.1, 0.15) is 56.6 Å². The van der Waals surface area contributed by atoms with Crippen molar-refractivity contribution in [2.75, 3.05) is 45.4 Å². The van der Waals surface area contributed by atoms with Crippen molar-refractivity contribution < 1.29 is 14.2 Å². The van der Waals surface area contributed by atoms with Crippen LogP contribution >= 0.6 is 12.2 Å². The molecule has 34 heavy (non-hydrogen) atoms. The van der Waals surface area contributed by atoms with Crippen LogP contribution in [0.4, 0.5) is 5.95 Å². The van der Waals surface area contributed by atoms with Crippen LogP contribution in [0.2, 0.25) is 0 Å². The first-order chi connectivity index (χ1) is 16.7.